The lowest BCUT2D eigenvalue weighted by atomic mass is 10.1. The second-order valence-corrected chi connectivity index (χ2v) is 6.62. The average molecular weight is 326 g/mol. The fourth-order valence-corrected chi connectivity index (χ4v) is 2.82. The van der Waals surface area contributed by atoms with Gasteiger partial charge in [0.25, 0.3) is 5.91 Å². The van der Waals surface area contributed by atoms with Crippen LogP contribution in [0.25, 0.3) is 11.3 Å². The van der Waals surface area contributed by atoms with Gasteiger partial charge in [-0.05, 0) is 39.0 Å². The van der Waals surface area contributed by atoms with Crippen LogP contribution in [0.5, 0.6) is 0 Å². The summed E-state index contributed by atoms with van der Waals surface area (Å²) in [5.74, 6) is -0.212. The van der Waals surface area contributed by atoms with E-state index in [1.807, 2.05) is 56.6 Å². The first kappa shape index (κ1) is 15.4. The number of hydrogen-bond acceptors (Lipinski definition) is 4. The van der Waals surface area contributed by atoms with Crippen molar-refractivity contribution >= 4 is 22.9 Å². The number of rotatable bonds is 4. The van der Waals surface area contributed by atoms with Crippen molar-refractivity contribution in [1.29, 1.82) is 0 Å². The van der Waals surface area contributed by atoms with Crippen LogP contribution in [0.2, 0.25) is 0 Å². The Balaban J connectivity index is 1.78. The average Bonchev–Trinajstić information content (AvgIpc) is 3.16. The van der Waals surface area contributed by atoms with Crippen LogP contribution in [-0.2, 0) is 0 Å². The summed E-state index contributed by atoms with van der Waals surface area (Å²) in [6.45, 7) is 6.02. The van der Waals surface area contributed by atoms with Crippen LogP contribution in [0.3, 0.4) is 0 Å². The zero-order valence-electron chi connectivity index (χ0n) is 13.3. The number of carbonyl (C=O) groups excluding carboxylic acids is 1. The third-order valence-electron chi connectivity index (χ3n) is 3.41. The maximum absolute atomic E-state index is 12.3. The molecule has 0 radical (unpaired) electrons. The highest BCUT2D eigenvalue weighted by Gasteiger charge is 2.11. The first-order chi connectivity index (χ1) is 11.0. The third-order valence-corrected chi connectivity index (χ3v) is 4.18. The molecule has 23 heavy (non-hydrogen) atoms. The maximum Gasteiger partial charge on any atom is 0.276 e. The largest absolute Gasteiger partial charge is 0.321 e. The lowest BCUT2D eigenvalue weighted by Gasteiger charge is -2.06. The minimum absolute atomic E-state index is 0.212. The lowest BCUT2D eigenvalue weighted by molar-refractivity contribution is 0.102. The third kappa shape index (κ3) is 3.48. The highest BCUT2D eigenvalue weighted by atomic mass is 32.1. The Morgan fingerprint density at radius 1 is 1.30 bits per heavy atom. The number of hydrogen-bond donors (Lipinski definition) is 1. The topological polar surface area (TPSA) is 59.8 Å². The maximum atomic E-state index is 12.3. The first-order valence-corrected chi connectivity index (χ1v) is 8.30. The van der Waals surface area contributed by atoms with Gasteiger partial charge in [0.15, 0.2) is 5.69 Å². The molecule has 5 nitrogen and oxygen atoms in total. The fourth-order valence-electron chi connectivity index (χ4n) is 2.19. The number of carbonyl (C=O) groups is 1. The first-order valence-electron chi connectivity index (χ1n) is 7.42. The van der Waals surface area contributed by atoms with Crippen LogP contribution in [0, 0.1) is 6.92 Å². The zero-order valence-corrected chi connectivity index (χ0v) is 14.1. The molecule has 3 aromatic rings. The molecule has 1 amide bonds. The van der Waals surface area contributed by atoms with E-state index >= 15 is 0 Å². The van der Waals surface area contributed by atoms with Crippen molar-refractivity contribution in [2.75, 3.05) is 5.32 Å². The van der Waals surface area contributed by atoms with Gasteiger partial charge in [-0.2, -0.15) is 5.10 Å². The number of nitrogens with one attached hydrogen (secondary N) is 1. The number of aromatic nitrogens is 3. The number of aryl methyl sites for hydroxylation is 1. The van der Waals surface area contributed by atoms with Crippen LogP contribution in [-0.4, -0.2) is 20.7 Å². The lowest BCUT2D eigenvalue weighted by Crippen LogP contribution is -2.13. The van der Waals surface area contributed by atoms with Crippen LogP contribution in [0.1, 0.15) is 35.4 Å². The molecule has 0 saturated carbocycles. The molecule has 0 aliphatic rings. The Bertz CT molecular complexity index is 834. The van der Waals surface area contributed by atoms with Crippen molar-refractivity contribution < 1.29 is 4.79 Å². The molecule has 3 rings (SSSR count). The molecule has 0 saturated heterocycles. The molecule has 2 heterocycles. The predicted octanol–water partition coefficient (Wildman–Crippen LogP) is 4.15. The molecule has 0 bridgehead atoms. The highest BCUT2D eigenvalue weighted by Crippen LogP contribution is 2.24. The molecule has 0 aliphatic heterocycles. The summed E-state index contributed by atoms with van der Waals surface area (Å²) in [6, 6.07) is 9.63. The number of benzene rings is 1. The summed E-state index contributed by atoms with van der Waals surface area (Å²) >= 11 is 1.61. The predicted molar refractivity (Wildman–Crippen MR) is 92.9 cm³/mol. The van der Waals surface area contributed by atoms with Crippen molar-refractivity contribution in [3.8, 4) is 11.3 Å². The molecule has 0 spiro atoms. The van der Waals surface area contributed by atoms with Gasteiger partial charge in [-0.3, -0.25) is 9.48 Å². The number of amides is 1. The van der Waals surface area contributed by atoms with E-state index in [9.17, 15) is 4.79 Å². The Morgan fingerprint density at radius 2 is 2.13 bits per heavy atom. The normalized spacial score (nSPS) is 11.0. The SMILES string of the molecule is Cc1nc(-c2cccc(NC(=O)c3ccn(C(C)C)n3)c2)cs1. The van der Waals surface area contributed by atoms with Gasteiger partial charge >= 0.3 is 0 Å². The molecule has 1 N–H and O–H groups in total. The molecule has 0 unspecified atom stereocenters. The summed E-state index contributed by atoms with van der Waals surface area (Å²) in [7, 11) is 0. The highest BCUT2D eigenvalue weighted by molar-refractivity contribution is 7.09. The van der Waals surface area contributed by atoms with Crippen molar-refractivity contribution in [2.45, 2.75) is 26.8 Å². The minimum atomic E-state index is -0.212. The number of nitrogens with zero attached hydrogens (tertiary/aromatic N) is 3. The van der Waals surface area contributed by atoms with Gasteiger partial charge in [0.2, 0.25) is 0 Å². The summed E-state index contributed by atoms with van der Waals surface area (Å²) in [4.78, 5) is 16.8. The van der Waals surface area contributed by atoms with E-state index in [2.05, 4.69) is 15.4 Å². The van der Waals surface area contributed by atoms with Gasteiger partial charge < -0.3 is 5.32 Å². The van der Waals surface area contributed by atoms with Crippen LogP contribution < -0.4 is 5.32 Å². The Kier molecular flexibility index (Phi) is 4.25. The Labute approximate surface area is 139 Å². The van der Waals surface area contributed by atoms with E-state index < -0.39 is 0 Å². The minimum Gasteiger partial charge on any atom is -0.321 e. The quantitative estimate of drug-likeness (QED) is 0.783. The van der Waals surface area contributed by atoms with Crippen LogP contribution >= 0.6 is 11.3 Å². The van der Waals surface area contributed by atoms with E-state index in [4.69, 9.17) is 0 Å². The molecule has 118 valence electrons. The zero-order chi connectivity index (χ0) is 16.4. The van der Waals surface area contributed by atoms with Crippen molar-refractivity contribution in [3.05, 3.63) is 52.6 Å². The van der Waals surface area contributed by atoms with E-state index in [0.717, 1.165) is 22.0 Å². The summed E-state index contributed by atoms with van der Waals surface area (Å²) in [6.07, 6.45) is 1.81. The molecule has 0 aliphatic carbocycles. The Hall–Kier alpha value is -2.47. The second kappa shape index (κ2) is 6.34. The van der Waals surface area contributed by atoms with Crippen LogP contribution in [0.4, 0.5) is 5.69 Å². The van der Waals surface area contributed by atoms with E-state index in [-0.39, 0.29) is 11.9 Å². The van der Waals surface area contributed by atoms with E-state index in [1.54, 1.807) is 22.1 Å². The van der Waals surface area contributed by atoms with E-state index in [1.165, 1.54) is 0 Å². The summed E-state index contributed by atoms with van der Waals surface area (Å²) < 4.78 is 1.77. The molecule has 2 aromatic heterocycles. The molecule has 0 fully saturated rings. The van der Waals surface area contributed by atoms with Crippen molar-refractivity contribution in [1.82, 2.24) is 14.8 Å². The second-order valence-electron chi connectivity index (χ2n) is 5.56. The summed E-state index contributed by atoms with van der Waals surface area (Å²) in [5, 5.41) is 10.2. The van der Waals surface area contributed by atoms with Gasteiger partial charge in [-0.1, -0.05) is 12.1 Å². The molecular weight excluding hydrogens is 308 g/mol. The van der Waals surface area contributed by atoms with Gasteiger partial charge in [0.05, 0.1) is 10.7 Å². The molecular formula is C17H18N4OS. The summed E-state index contributed by atoms with van der Waals surface area (Å²) in [5.41, 5.74) is 3.05. The number of thiazole rings is 1. The van der Waals surface area contributed by atoms with Crippen LogP contribution in [0.15, 0.2) is 41.9 Å². The molecule has 1 aromatic carbocycles. The van der Waals surface area contributed by atoms with Gasteiger partial charge in [0, 0.05) is 28.9 Å². The van der Waals surface area contributed by atoms with Gasteiger partial charge in [0.1, 0.15) is 0 Å². The Morgan fingerprint density at radius 3 is 2.78 bits per heavy atom. The fraction of sp³-hybridized carbons (Fsp3) is 0.235. The smallest absolute Gasteiger partial charge is 0.276 e. The monoisotopic (exact) mass is 326 g/mol. The van der Waals surface area contributed by atoms with Crippen molar-refractivity contribution in [3.63, 3.8) is 0 Å². The van der Waals surface area contributed by atoms with E-state index in [0.29, 0.717) is 5.69 Å². The van der Waals surface area contributed by atoms with Gasteiger partial charge in [-0.25, -0.2) is 4.98 Å². The standard InChI is InChI=1S/C17H18N4OS/c1-11(2)21-8-7-15(20-21)17(22)19-14-6-4-5-13(9-14)16-10-23-12(3)18-16/h4-11H,1-3H3,(H,19,22). The molecule has 6 heteroatoms. The molecule has 0 atom stereocenters. The van der Waals surface area contributed by atoms with Gasteiger partial charge in [-0.15, -0.1) is 11.3 Å². The number of anilines is 1. The van der Waals surface area contributed by atoms with Crippen molar-refractivity contribution in [2.24, 2.45) is 0 Å².